The predicted octanol–water partition coefficient (Wildman–Crippen LogP) is 1.92. The minimum absolute atomic E-state index is 0. The number of carbonyl (C=O) groups is 1. The number of amides is 1. The lowest BCUT2D eigenvalue weighted by molar-refractivity contribution is -0.127. The molecule has 1 saturated heterocycles. The number of likely N-dealkylation sites (N-methyl/N-ethyl adjacent to an activating group) is 1. The van der Waals surface area contributed by atoms with Gasteiger partial charge in [-0.05, 0) is 18.8 Å². The molecule has 164 valence electrons. The molecule has 0 radical (unpaired) electrons. The molecule has 2 aliphatic rings. The fraction of sp³-hybridized carbons (Fsp3) is 0.900. The van der Waals surface area contributed by atoms with Crippen molar-refractivity contribution in [1.82, 2.24) is 20.4 Å². The standard InChI is InChI=1S/C20H39N5O2.HI/c1-24(2)19(26)17-23-20(22-11-12-25-13-15-27-16-14-25)21-10-6-9-18-7-4-3-5-8-18;/h18H,3-17H2,1-2H3,(H2,21,22,23);1H. The molecule has 28 heavy (non-hydrogen) atoms. The Kier molecular flexibility index (Phi) is 13.9. The van der Waals surface area contributed by atoms with Gasteiger partial charge in [-0.25, -0.2) is 4.99 Å². The zero-order valence-electron chi connectivity index (χ0n) is 17.8. The highest BCUT2D eigenvalue weighted by atomic mass is 127. The van der Waals surface area contributed by atoms with Crippen LogP contribution in [0, 0.1) is 5.92 Å². The molecule has 0 spiro atoms. The van der Waals surface area contributed by atoms with Gasteiger partial charge in [0.05, 0.1) is 13.2 Å². The van der Waals surface area contributed by atoms with Gasteiger partial charge < -0.3 is 20.3 Å². The van der Waals surface area contributed by atoms with E-state index in [9.17, 15) is 4.79 Å². The number of nitrogens with zero attached hydrogens (tertiary/aromatic N) is 3. The van der Waals surface area contributed by atoms with Crippen molar-refractivity contribution in [2.45, 2.75) is 44.9 Å². The van der Waals surface area contributed by atoms with Crippen LogP contribution in [-0.4, -0.2) is 88.2 Å². The van der Waals surface area contributed by atoms with Gasteiger partial charge in [-0.15, -0.1) is 24.0 Å². The number of aliphatic imine (C=N–C) groups is 1. The maximum absolute atomic E-state index is 11.8. The van der Waals surface area contributed by atoms with E-state index in [0.717, 1.165) is 64.2 Å². The zero-order chi connectivity index (χ0) is 19.3. The van der Waals surface area contributed by atoms with Gasteiger partial charge in [-0.2, -0.15) is 0 Å². The van der Waals surface area contributed by atoms with Crippen LogP contribution in [0.15, 0.2) is 4.99 Å². The molecule has 7 nitrogen and oxygen atoms in total. The van der Waals surface area contributed by atoms with Crippen molar-refractivity contribution in [3.63, 3.8) is 0 Å². The molecule has 2 rings (SSSR count). The van der Waals surface area contributed by atoms with Crippen LogP contribution in [0.4, 0.5) is 0 Å². The molecular formula is C20H40IN5O2. The van der Waals surface area contributed by atoms with Gasteiger partial charge in [-0.3, -0.25) is 9.69 Å². The maximum atomic E-state index is 11.8. The Bertz CT molecular complexity index is 450. The number of rotatable bonds is 9. The minimum atomic E-state index is 0. The SMILES string of the molecule is CN(C)C(=O)CN=C(NCCCC1CCCCC1)NCCN1CCOCC1.I. The Labute approximate surface area is 188 Å². The van der Waals surface area contributed by atoms with Crippen LogP contribution in [0.3, 0.4) is 0 Å². The third-order valence-electron chi connectivity index (χ3n) is 5.50. The number of guanidine groups is 1. The molecular weight excluding hydrogens is 469 g/mol. The Morgan fingerprint density at radius 1 is 1.11 bits per heavy atom. The Morgan fingerprint density at radius 2 is 1.79 bits per heavy atom. The molecule has 1 aliphatic heterocycles. The molecule has 0 aromatic heterocycles. The van der Waals surface area contributed by atoms with E-state index < -0.39 is 0 Å². The van der Waals surface area contributed by atoms with E-state index in [1.165, 1.54) is 38.5 Å². The van der Waals surface area contributed by atoms with Crippen molar-refractivity contribution in [2.24, 2.45) is 10.9 Å². The second kappa shape index (κ2) is 15.3. The Morgan fingerprint density at radius 3 is 2.46 bits per heavy atom. The molecule has 0 aromatic carbocycles. The largest absolute Gasteiger partial charge is 0.379 e. The average molecular weight is 509 g/mol. The normalized spacial score (nSPS) is 19.0. The molecule has 2 N–H and O–H groups in total. The third-order valence-corrected chi connectivity index (χ3v) is 5.50. The summed E-state index contributed by atoms with van der Waals surface area (Å²) in [7, 11) is 3.53. The second-order valence-corrected chi connectivity index (χ2v) is 7.91. The van der Waals surface area contributed by atoms with Crippen molar-refractivity contribution in [3.05, 3.63) is 0 Å². The van der Waals surface area contributed by atoms with Crippen LogP contribution in [-0.2, 0) is 9.53 Å². The molecule has 1 aliphatic carbocycles. The van der Waals surface area contributed by atoms with Crippen molar-refractivity contribution in [1.29, 1.82) is 0 Å². The van der Waals surface area contributed by atoms with Gasteiger partial charge in [-0.1, -0.05) is 32.1 Å². The van der Waals surface area contributed by atoms with Crippen LogP contribution >= 0.6 is 24.0 Å². The second-order valence-electron chi connectivity index (χ2n) is 7.91. The number of ether oxygens (including phenoxy) is 1. The van der Waals surface area contributed by atoms with Crippen LogP contribution in [0.25, 0.3) is 0 Å². The van der Waals surface area contributed by atoms with Gasteiger partial charge in [0.1, 0.15) is 6.54 Å². The quantitative estimate of drug-likeness (QED) is 0.215. The first kappa shape index (κ1) is 25.4. The van der Waals surface area contributed by atoms with E-state index >= 15 is 0 Å². The monoisotopic (exact) mass is 509 g/mol. The summed E-state index contributed by atoms with van der Waals surface area (Å²) in [6.45, 7) is 6.50. The van der Waals surface area contributed by atoms with E-state index in [1.807, 2.05) is 0 Å². The molecule has 1 amide bonds. The summed E-state index contributed by atoms with van der Waals surface area (Å²) < 4.78 is 5.39. The summed E-state index contributed by atoms with van der Waals surface area (Å²) in [6, 6.07) is 0. The first-order valence-corrected chi connectivity index (χ1v) is 10.7. The van der Waals surface area contributed by atoms with Gasteiger partial charge in [0.15, 0.2) is 5.96 Å². The molecule has 0 unspecified atom stereocenters. The van der Waals surface area contributed by atoms with E-state index in [1.54, 1.807) is 19.0 Å². The highest BCUT2D eigenvalue weighted by Gasteiger charge is 2.13. The Balaban J connectivity index is 0.00000392. The Hall–Kier alpha value is -0.610. The van der Waals surface area contributed by atoms with E-state index in [4.69, 9.17) is 4.74 Å². The topological polar surface area (TPSA) is 69.2 Å². The van der Waals surface area contributed by atoms with E-state index in [-0.39, 0.29) is 36.4 Å². The van der Waals surface area contributed by atoms with Crippen molar-refractivity contribution >= 4 is 35.8 Å². The van der Waals surface area contributed by atoms with Crippen LogP contribution in [0.1, 0.15) is 44.9 Å². The summed E-state index contributed by atoms with van der Waals surface area (Å²) in [5, 5.41) is 6.80. The molecule has 1 heterocycles. The van der Waals surface area contributed by atoms with Crippen LogP contribution < -0.4 is 10.6 Å². The average Bonchev–Trinajstić information content (AvgIpc) is 2.70. The summed E-state index contributed by atoms with van der Waals surface area (Å²) >= 11 is 0. The maximum Gasteiger partial charge on any atom is 0.243 e. The van der Waals surface area contributed by atoms with Gasteiger partial charge in [0.2, 0.25) is 5.91 Å². The first-order chi connectivity index (χ1) is 13.1. The number of nitrogens with one attached hydrogen (secondary N) is 2. The fourth-order valence-corrected chi connectivity index (χ4v) is 3.69. The zero-order valence-corrected chi connectivity index (χ0v) is 20.1. The van der Waals surface area contributed by atoms with Gasteiger partial charge >= 0.3 is 0 Å². The summed E-state index contributed by atoms with van der Waals surface area (Å²) in [5.74, 6) is 1.68. The molecule has 1 saturated carbocycles. The third kappa shape index (κ3) is 10.8. The summed E-state index contributed by atoms with van der Waals surface area (Å²) in [6.07, 6.45) is 9.48. The lowest BCUT2D eigenvalue weighted by Crippen LogP contribution is -2.45. The van der Waals surface area contributed by atoms with Crippen molar-refractivity contribution in [2.75, 3.05) is 66.6 Å². The minimum Gasteiger partial charge on any atom is -0.379 e. The fourth-order valence-electron chi connectivity index (χ4n) is 3.69. The first-order valence-electron chi connectivity index (χ1n) is 10.7. The molecule has 8 heteroatoms. The lowest BCUT2D eigenvalue weighted by Gasteiger charge is -2.26. The van der Waals surface area contributed by atoms with E-state index in [0.29, 0.717) is 0 Å². The highest BCUT2D eigenvalue weighted by Crippen LogP contribution is 2.26. The molecule has 0 bridgehead atoms. The van der Waals surface area contributed by atoms with Crippen LogP contribution in [0.5, 0.6) is 0 Å². The predicted molar refractivity (Wildman–Crippen MR) is 125 cm³/mol. The summed E-state index contributed by atoms with van der Waals surface area (Å²) in [4.78, 5) is 20.3. The number of carbonyl (C=O) groups excluding carboxylic acids is 1. The lowest BCUT2D eigenvalue weighted by atomic mass is 9.86. The number of hydrogen-bond donors (Lipinski definition) is 2. The highest BCUT2D eigenvalue weighted by molar-refractivity contribution is 14.0. The molecule has 0 aromatic rings. The van der Waals surface area contributed by atoms with Crippen molar-refractivity contribution < 1.29 is 9.53 Å². The van der Waals surface area contributed by atoms with E-state index in [2.05, 4.69) is 20.5 Å². The molecule has 2 fully saturated rings. The summed E-state index contributed by atoms with van der Waals surface area (Å²) in [5.41, 5.74) is 0. The van der Waals surface area contributed by atoms with Gasteiger partial charge in [0.25, 0.3) is 0 Å². The molecule has 0 atom stereocenters. The van der Waals surface area contributed by atoms with Gasteiger partial charge in [0, 0.05) is 46.8 Å². The van der Waals surface area contributed by atoms with Crippen molar-refractivity contribution in [3.8, 4) is 0 Å². The van der Waals surface area contributed by atoms with Crippen LogP contribution in [0.2, 0.25) is 0 Å². The number of hydrogen-bond acceptors (Lipinski definition) is 4. The number of morpholine rings is 1. The number of halogens is 1. The smallest absolute Gasteiger partial charge is 0.243 e.